The number of thioether (sulfide) groups is 1. The van der Waals surface area contributed by atoms with Gasteiger partial charge < -0.3 is 20.7 Å². The molecule has 2 atom stereocenters. The number of methoxy groups -OCH3 is 1. The zero-order valence-corrected chi connectivity index (χ0v) is 18.7. The summed E-state index contributed by atoms with van der Waals surface area (Å²) < 4.78 is 5.15. The van der Waals surface area contributed by atoms with Gasteiger partial charge in [0, 0.05) is 37.2 Å². The van der Waals surface area contributed by atoms with E-state index in [4.69, 9.17) is 4.74 Å². The van der Waals surface area contributed by atoms with Crippen molar-refractivity contribution in [2.75, 3.05) is 24.7 Å². The van der Waals surface area contributed by atoms with Gasteiger partial charge in [-0.15, -0.1) is 11.8 Å². The standard InChI is InChI=1S/C23H28N4O4S/c1-31-19-9-5-8-17(12-19)25-22(30)15-32-23-26-18(14-21(29)27-23)13-20(28)24-11-10-16-6-3-2-4-7-16/h2-9,12,18,23,26H,10-11,13-15H2,1H3,(H,24,28)(H,25,30)(H,27,29). The number of nitrogens with one attached hydrogen (secondary N) is 4. The average molecular weight is 457 g/mol. The van der Waals surface area contributed by atoms with Crippen molar-refractivity contribution in [3.05, 3.63) is 60.2 Å². The second-order valence-corrected chi connectivity index (χ2v) is 8.49. The quantitative estimate of drug-likeness (QED) is 0.435. The molecule has 1 aliphatic heterocycles. The molecular weight excluding hydrogens is 428 g/mol. The molecule has 9 heteroatoms. The Morgan fingerprint density at radius 2 is 1.94 bits per heavy atom. The Balaban J connectivity index is 1.39. The Hall–Kier alpha value is -3.04. The Morgan fingerprint density at radius 1 is 1.12 bits per heavy atom. The average Bonchev–Trinajstić information content (AvgIpc) is 2.78. The summed E-state index contributed by atoms with van der Waals surface area (Å²) in [6.45, 7) is 0.546. The van der Waals surface area contributed by atoms with Gasteiger partial charge in [0.25, 0.3) is 0 Å². The largest absolute Gasteiger partial charge is 0.497 e. The maximum atomic E-state index is 12.3. The van der Waals surface area contributed by atoms with Crippen LogP contribution < -0.4 is 26.0 Å². The van der Waals surface area contributed by atoms with Gasteiger partial charge in [-0.25, -0.2) is 0 Å². The molecule has 2 aromatic carbocycles. The number of amides is 3. The minimum absolute atomic E-state index is 0.104. The Kier molecular flexibility index (Phi) is 8.94. The van der Waals surface area contributed by atoms with Crippen molar-refractivity contribution in [3.8, 4) is 5.75 Å². The van der Waals surface area contributed by atoms with Crippen LogP contribution in [0.4, 0.5) is 5.69 Å². The van der Waals surface area contributed by atoms with Crippen LogP contribution in [0.15, 0.2) is 54.6 Å². The van der Waals surface area contributed by atoms with Crippen molar-refractivity contribution in [1.82, 2.24) is 16.0 Å². The van der Waals surface area contributed by atoms with Crippen LogP contribution in [0.25, 0.3) is 0 Å². The Bertz CT molecular complexity index is 925. The second kappa shape index (κ2) is 12.1. The maximum Gasteiger partial charge on any atom is 0.234 e. The summed E-state index contributed by atoms with van der Waals surface area (Å²) in [5, 5.41) is 11.7. The van der Waals surface area contributed by atoms with Gasteiger partial charge in [0.2, 0.25) is 17.7 Å². The van der Waals surface area contributed by atoms with Gasteiger partial charge in [0.1, 0.15) is 11.2 Å². The molecule has 0 radical (unpaired) electrons. The van der Waals surface area contributed by atoms with E-state index in [1.165, 1.54) is 11.8 Å². The van der Waals surface area contributed by atoms with Crippen LogP contribution in [0.5, 0.6) is 5.75 Å². The van der Waals surface area contributed by atoms with Crippen LogP contribution in [0.2, 0.25) is 0 Å². The van der Waals surface area contributed by atoms with E-state index in [-0.39, 0.29) is 42.4 Å². The fourth-order valence-electron chi connectivity index (χ4n) is 3.31. The predicted molar refractivity (Wildman–Crippen MR) is 125 cm³/mol. The van der Waals surface area contributed by atoms with E-state index in [2.05, 4.69) is 21.3 Å². The lowest BCUT2D eigenvalue weighted by Gasteiger charge is -2.30. The first-order valence-electron chi connectivity index (χ1n) is 10.4. The van der Waals surface area contributed by atoms with Gasteiger partial charge in [-0.05, 0) is 24.1 Å². The van der Waals surface area contributed by atoms with Crippen LogP contribution in [-0.2, 0) is 20.8 Å². The van der Waals surface area contributed by atoms with Crippen molar-refractivity contribution < 1.29 is 19.1 Å². The van der Waals surface area contributed by atoms with Crippen molar-refractivity contribution in [1.29, 1.82) is 0 Å². The smallest absolute Gasteiger partial charge is 0.234 e. The summed E-state index contributed by atoms with van der Waals surface area (Å²) in [6.07, 6.45) is 1.18. The molecule has 2 aromatic rings. The molecule has 1 saturated heterocycles. The van der Waals surface area contributed by atoms with Gasteiger partial charge in [0.05, 0.1) is 12.9 Å². The monoisotopic (exact) mass is 456 g/mol. The number of benzene rings is 2. The van der Waals surface area contributed by atoms with Crippen LogP contribution in [-0.4, -0.2) is 48.7 Å². The third kappa shape index (κ3) is 7.90. The minimum atomic E-state index is -0.436. The number of hydrogen-bond acceptors (Lipinski definition) is 6. The number of ether oxygens (including phenoxy) is 1. The summed E-state index contributed by atoms with van der Waals surface area (Å²) in [5.74, 6) is 0.358. The molecule has 32 heavy (non-hydrogen) atoms. The number of rotatable bonds is 10. The third-order valence-corrected chi connectivity index (χ3v) is 5.87. The first kappa shape index (κ1) is 23.6. The highest BCUT2D eigenvalue weighted by Crippen LogP contribution is 2.18. The number of anilines is 1. The van der Waals surface area contributed by atoms with E-state index in [1.54, 1.807) is 31.4 Å². The van der Waals surface area contributed by atoms with Gasteiger partial charge in [-0.2, -0.15) is 0 Å². The normalized spacial score (nSPS) is 17.8. The molecule has 3 rings (SSSR count). The highest BCUT2D eigenvalue weighted by Gasteiger charge is 2.28. The third-order valence-electron chi connectivity index (χ3n) is 4.86. The molecule has 2 unspecified atom stereocenters. The predicted octanol–water partition coefficient (Wildman–Crippen LogP) is 1.88. The van der Waals surface area contributed by atoms with Crippen LogP contribution in [0.1, 0.15) is 18.4 Å². The van der Waals surface area contributed by atoms with Crippen molar-refractivity contribution >= 4 is 35.2 Å². The Morgan fingerprint density at radius 3 is 2.72 bits per heavy atom. The van der Waals surface area contributed by atoms with E-state index < -0.39 is 5.50 Å². The fraction of sp³-hybridized carbons (Fsp3) is 0.348. The fourth-order valence-corrected chi connectivity index (χ4v) is 4.20. The van der Waals surface area contributed by atoms with E-state index >= 15 is 0 Å². The number of hydrogen-bond donors (Lipinski definition) is 4. The first-order valence-corrected chi connectivity index (χ1v) is 11.5. The molecule has 170 valence electrons. The number of carbonyl (C=O) groups is 3. The summed E-state index contributed by atoms with van der Waals surface area (Å²) in [6, 6.07) is 16.7. The lowest BCUT2D eigenvalue weighted by molar-refractivity contribution is -0.125. The summed E-state index contributed by atoms with van der Waals surface area (Å²) in [4.78, 5) is 36.6. The van der Waals surface area contributed by atoms with E-state index in [1.807, 2.05) is 30.3 Å². The Labute approximate surface area is 191 Å². The summed E-state index contributed by atoms with van der Waals surface area (Å²) in [5.41, 5.74) is 1.36. The molecule has 0 aromatic heterocycles. The number of carbonyl (C=O) groups excluding carboxylic acids is 3. The molecule has 1 aliphatic rings. The highest BCUT2D eigenvalue weighted by atomic mass is 32.2. The van der Waals surface area contributed by atoms with Crippen LogP contribution in [0.3, 0.4) is 0 Å². The van der Waals surface area contributed by atoms with Crippen molar-refractivity contribution in [2.45, 2.75) is 30.8 Å². The molecular formula is C23H28N4O4S. The lowest BCUT2D eigenvalue weighted by atomic mass is 10.1. The van der Waals surface area contributed by atoms with E-state index in [0.29, 0.717) is 18.0 Å². The molecule has 0 aliphatic carbocycles. The molecule has 3 amide bonds. The van der Waals surface area contributed by atoms with Gasteiger partial charge in [-0.1, -0.05) is 36.4 Å². The highest BCUT2D eigenvalue weighted by molar-refractivity contribution is 8.00. The van der Waals surface area contributed by atoms with Gasteiger partial charge in [-0.3, -0.25) is 19.7 Å². The van der Waals surface area contributed by atoms with E-state index in [0.717, 1.165) is 12.0 Å². The lowest BCUT2D eigenvalue weighted by Crippen LogP contribution is -2.56. The zero-order chi connectivity index (χ0) is 22.8. The van der Waals surface area contributed by atoms with Crippen LogP contribution in [0, 0.1) is 0 Å². The SMILES string of the molecule is COc1cccc(NC(=O)CSC2NC(=O)CC(CC(=O)NCCc3ccccc3)N2)c1. The minimum Gasteiger partial charge on any atom is -0.497 e. The molecule has 0 saturated carbocycles. The first-order chi connectivity index (χ1) is 15.5. The molecule has 8 nitrogen and oxygen atoms in total. The van der Waals surface area contributed by atoms with Crippen molar-refractivity contribution in [2.24, 2.45) is 0 Å². The summed E-state index contributed by atoms with van der Waals surface area (Å²) in [7, 11) is 1.56. The second-order valence-electron chi connectivity index (χ2n) is 7.40. The zero-order valence-electron chi connectivity index (χ0n) is 17.9. The van der Waals surface area contributed by atoms with Crippen molar-refractivity contribution in [3.63, 3.8) is 0 Å². The molecule has 0 bridgehead atoms. The van der Waals surface area contributed by atoms with Gasteiger partial charge >= 0.3 is 0 Å². The maximum absolute atomic E-state index is 12.3. The molecule has 1 heterocycles. The van der Waals surface area contributed by atoms with E-state index in [9.17, 15) is 14.4 Å². The molecule has 1 fully saturated rings. The molecule has 0 spiro atoms. The molecule has 4 N–H and O–H groups in total. The summed E-state index contributed by atoms with van der Waals surface area (Å²) >= 11 is 1.27. The topological polar surface area (TPSA) is 109 Å². The van der Waals surface area contributed by atoms with Gasteiger partial charge in [0.15, 0.2) is 0 Å². The van der Waals surface area contributed by atoms with Crippen LogP contribution >= 0.6 is 11.8 Å².